The minimum absolute atomic E-state index is 0. The summed E-state index contributed by atoms with van der Waals surface area (Å²) in [5.74, 6) is 0. The molecule has 1 heterocycles. The molecule has 7 nitrogen and oxygen atoms in total. The van der Waals surface area contributed by atoms with Gasteiger partial charge in [-0.3, -0.25) is 0 Å². The van der Waals surface area contributed by atoms with Crippen LogP contribution in [0.1, 0.15) is 62.6 Å². The molecule has 0 spiro atoms. The maximum Gasteiger partial charge on any atom is 0 e. The molecule has 2 fully saturated rings. The molecule has 2 N–H and O–H groups in total. The average molecular weight is 526 g/mol. The zero-order valence-electron chi connectivity index (χ0n) is 18.8. The molecule has 31 heavy (non-hydrogen) atoms. The van der Waals surface area contributed by atoms with Gasteiger partial charge in [-0.1, -0.05) is 45.4 Å². The Hall–Kier alpha value is 0.819. The van der Waals surface area contributed by atoms with Gasteiger partial charge in [0.25, 0.3) is 0 Å². The van der Waals surface area contributed by atoms with E-state index in [-0.39, 0.29) is 48.8 Å². The van der Waals surface area contributed by atoms with E-state index in [0.717, 1.165) is 71.2 Å². The summed E-state index contributed by atoms with van der Waals surface area (Å²) in [5, 5.41) is 42.8. The molecule has 1 saturated heterocycles. The number of aliphatic hydroxyl groups is 2. The maximum absolute atomic E-state index is 9.20. The summed E-state index contributed by atoms with van der Waals surface area (Å²) < 4.78 is 0. The largest absolute Gasteiger partial charge is 0 e. The predicted molar refractivity (Wildman–Crippen MR) is 135 cm³/mol. The van der Waals surface area contributed by atoms with E-state index in [1.165, 1.54) is 12.8 Å². The molecule has 0 radical (unpaired) electrons. The summed E-state index contributed by atoms with van der Waals surface area (Å²) in [5.41, 5.74) is 0. The van der Waals surface area contributed by atoms with Crippen molar-refractivity contribution in [1.82, 2.24) is 0 Å². The van der Waals surface area contributed by atoms with Crippen LogP contribution in [0.15, 0.2) is 0 Å². The summed E-state index contributed by atoms with van der Waals surface area (Å²) >= 11 is 0.00694. The van der Waals surface area contributed by atoms with Gasteiger partial charge in [-0.2, -0.15) is 62.9 Å². The fraction of sp³-hybridized carbons (Fsp3) is 1.00. The fourth-order valence-electron chi connectivity index (χ4n) is 4.04. The summed E-state index contributed by atoms with van der Waals surface area (Å²) in [6.07, 6.45) is 8.03. The average Bonchev–Trinajstić information content (AvgIpc) is 2.78. The standard InChI is InChI=1S/C21H40N5O2.2ClH.Mn.3H2/c1-17-14-24-19(7-5-13-28)16-26-21-9-3-2-8-20(21)25-15-18(6-4-12-27)23-11-10-22-17;;;;;;/h17-21,27-28H,2-16H2,1H3;2*1H;;3*1H/q-5;;;+2;;;/p-2/t17-,18-,19-,20+,21+;;;;;;/m0....../s1. The first-order chi connectivity index (χ1) is 15.1. The second-order valence-electron chi connectivity index (χ2n) is 8.27. The Morgan fingerprint density at radius 2 is 1.26 bits per heavy atom. The molecule has 2 rings (SSSR count). The Morgan fingerprint density at radius 1 is 0.774 bits per heavy atom. The molecular formula is C21H46Cl2MnN5O2-5. The van der Waals surface area contributed by atoms with Crippen molar-refractivity contribution in [2.24, 2.45) is 0 Å². The minimum Gasteiger partial charge on any atom is 0 e. The summed E-state index contributed by atoms with van der Waals surface area (Å²) in [6, 6.07) is 1.16. The third-order valence-corrected chi connectivity index (χ3v) is 5.74. The molecule has 0 aromatic rings. The van der Waals surface area contributed by atoms with Gasteiger partial charge in [0, 0.05) is 17.5 Å². The zero-order valence-corrected chi connectivity index (χ0v) is 21.5. The van der Waals surface area contributed by atoms with E-state index in [0.29, 0.717) is 12.1 Å². The van der Waals surface area contributed by atoms with Crippen LogP contribution in [0, 0.1) is 0 Å². The molecule has 193 valence electrons. The summed E-state index contributed by atoms with van der Waals surface area (Å²) in [6.45, 7) is 6.18. The number of rotatable bonds is 6. The molecule has 1 saturated carbocycles. The second-order valence-corrected chi connectivity index (χ2v) is 10.2. The first-order valence-electron chi connectivity index (χ1n) is 11.6. The smallest absolute Gasteiger partial charge is 0 e. The number of halogens is 2. The second kappa shape index (κ2) is 20.2. The normalized spacial score (nSPS) is 31.5. The van der Waals surface area contributed by atoms with Crippen molar-refractivity contribution >= 4 is 20.2 Å². The number of aliphatic hydroxyl groups excluding tert-OH is 2. The number of hydrogen-bond acceptors (Lipinski definition) is 2. The van der Waals surface area contributed by atoms with Gasteiger partial charge in [-0.05, 0) is 12.8 Å². The van der Waals surface area contributed by atoms with Gasteiger partial charge >= 0.3 is 33.3 Å². The van der Waals surface area contributed by atoms with E-state index >= 15 is 0 Å². The number of fused-ring (bicyclic) bond motifs is 1. The zero-order chi connectivity index (χ0) is 22.7. The molecule has 0 amide bonds. The van der Waals surface area contributed by atoms with Crippen LogP contribution >= 0.6 is 20.2 Å². The summed E-state index contributed by atoms with van der Waals surface area (Å²) in [7, 11) is 9.59. The van der Waals surface area contributed by atoms with E-state index in [4.69, 9.17) is 41.5 Å². The van der Waals surface area contributed by atoms with Crippen molar-refractivity contribution in [2.45, 2.75) is 88.5 Å². The van der Waals surface area contributed by atoms with Gasteiger partial charge in [-0.25, -0.2) is 0 Å². The minimum atomic E-state index is 0. The van der Waals surface area contributed by atoms with E-state index in [2.05, 4.69) is 12.2 Å². The van der Waals surface area contributed by atoms with Gasteiger partial charge in [0.2, 0.25) is 0 Å². The number of hydrogen-bond donors (Lipinski definition) is 2. The summed E-state index contributed by atoms with van der Waals surface area (Å²) in [4.78, 5) is 0. The van der Waals surface area contributed by atoms with Crippen LogP contribution in [0.5, 0.6) is 0 Å². The molecule has 2 aliphatic rings. The SMILES string of the molecule is C[C@H]1C[N-][C@@H](CCCO)C[N-][C@@H]2CCCC[C@H]2[N-]C[C@H](CCCO)[N-]CC[N-]1.[Cl][Mn][Cl].[HH].[HH].[HH]. The maximum atomic E-state index is 9.20. The van der Waals surface area contributed by atoms with E-state index in [1.54, 1.807) is 0 Å². The Balaban J connectivity index is -0.00000152. The Morgan fingerprint density at radius 3 is 1.77 bits per heavy atom. The van der Waals surface area contributed by atoms with Gasteiger partial charge < -0.3 is 36.8 Å². The molecule has 0 bridgehead atoms. The van der Waals surface area contributed by atoms with Gasteiger partial charge in [-0.15, -0.1) is 0 Å². The molecule has 0 aromatic carbocycles. The third-order valence-electron chi connectivity index (χ3n) is 5.74. The Kier molecular flexibility index (Phi) is 19.5. The molecule has 0 unspecified atom stereocenters. The molecule has 10 heteroatoms. The van der Waals surface area contributed by atoms with Crippen LogP contribution in [0.3, 0.4) is 0 Å². The van der Waals surface area contributed by atoms with Gasteiger partial charge in [0.05, 0.1) is 0 Å². The Bertz CT molecular complexity index is 433. The van der Waals surface area contributed by atoms with Crippen LogP contribution in [0.2, 0.25) is 0 Å². The van der Waals surface area contributed by atoms with Crippen molar-refractivity contribution < 1.29 is 27.6 Å². The van der Waals surface area contributed by atoms with Gasteiger partial charge in [0.1, 0.15) is 0 Å². The third kappa shape index (κ3) is 14.6. The van der Waals surface area contributed by atoms with Crippen LogP contribution in [0.25, 0.3) is 26.6 Å². The van der Waals surface area contributed by atoms with Crippen LogP contribution in [-0.4, -0.2) is 86.4 Å². The van der Waals surface area contributed by atoms with Crippen molar-refractivity contribution in [3.05, 3.63) is 26.6 Å². The molecule has 1 aliphatic carbocycles. The predicted octanol–water partition coefficient (Wildman–Crippen LogP) is 5.96. The molecule has 0 aromatic heterocycles. The molecule has 1 aliphatic heterocycles. The molecular weight excluding hydrogens is 480 g/mol. The monoisotopic (exact) mass is 525 g/mol. The van der Waals surface area contributed by atoms with Crippen molar-refractivity contribution in [3.8, 4) is 0 Å². The van der Waals surface area contributed by atoms with Crippen molar-refractivity contribution in [1.29, 1.82) is 0 Å². The quantitative estimate of drug-likeness (QED) is 0.416. The fourth-order valence-corrected chi connectivity index (χ4v) is 4.04. The first kappa shape index (κ1) is 29.9. The van der Waals surface area contributed by atoms with Crippen molar-refractivity contribution in [3.63, 3.8) is 0 Å². The van der Waals surface area contributed by atoms with E-state index in [9.17, 15) is 10.2 Å². The van der Waals surface area contributed by atoms with Crippen LogP contribution in [-0.2, 0) is 13.1 Å². The van der Waals surface area contributed by atoms with E-state index < -0.39 is 0 Å². The van der Waals surface area contributed by atoms with E-state index in [1.807, 2.05) is 0 Å². The van der Waals surface area contributed by atoms with Crippen LogP contribution in [0.4, 0.5) is 0 Å². The Labute approximate surface area is 208 Å². The topological polar surface area (TPSA) is 111 Å². The van der Waals surface area contributed by atoms with Gasteiger partial charge in [0.15, 0.2) is 0 Å². The van der Waals surface area contributed by atoms with Crippen molar-refractivity contribution in [2.75, 3.05) is 45.9 Å². The van der Waals surface area contributed by atoms with Crippen LogP contribution < -0.4 is 0 Å². The number of nitrogens with zero attached hydrogens (tertiary/aromatic N) is 5. The molecule has 5 atom stereocenters. The first-order valence-corrected chi connectivity index (χ1v) is 14.8.